The molecule has 6 heteroatoms. The van der Waals surface area contributed by atoms with Crippen LogP contribution in [0.5, 0.6) is 5.95 Å². The molecule has 2 atom stereocenters. The molecule has 1 fully saturated rings. The molecule has 1 aliphatic heterocycles. The van der Waals surface area contributed by atoms with E-state index in [9.17, 15) is 13.9 Å². The number of aromatic nitrogens is 2. The van der Waals surface area contributed by atoms with Gasteiger partial charge in [0, 0.05) is 12.3 Å². The predicted molar refractivity (Wildman–Crippen MR) is 31.8 cm³/mol. The average molecular weight is 188 g/mol. The topological polar surface area (TPSA) is 53.0 Å². The van der Waals surface area contributed by atoms with E-state index in [2.05, 4.69) is 9.79 Å². The second-order valence-corrected chi connectivity index (χ2v) is 3.58. The molecule has 0 radical (unpaired) electrons. The molecular weight excluding hydrogens is 182 g/mol. The largest absolute Gasteiger partial charge is 0.539 e. The fraction of sp³-hybridized carbons (Fsp3) is 0.714. The van der Waals surface area contributed by atoms with E-state index in [1.165, 1.54) is 4.68 Å². The first-order chi connectivity index (χ1) is 6.10. The Morgan fingerprint density at radius 2 is 2.31 bits per heavy atom. The van der Waals surface area contributed by atoms with Crippen LogP contribution in [-0.2, 0) is 13.0 Å². The highest BCUT2D eigenvalue weighted by molar-refractivity contribution is 5.15. The first kappa shape index (κ1) is 7.23. The summed E-state index contributed by atoms with van der Waals surface area (Å²) in [4.78, 5) is 0. The highest BCUT2D eigenvalue weighted by Crippen LogP contribution is 2.58. The number of fused-ring (bicyclic) bond motifs is 2. The first-order valence-corrected chi connectivity index (χ1v) is 4.04. The minimum Gasteiger partial charge on any atom is -0.539 e. The lowest BCUT2D eigenvalue weighted by molar-refractivity contribution is -0.775. The Hall–Kier alpha value is -1.20. The maximum Gasteiger partial charge on any atom is 0.261 e. The monoisotopic (exact) mass is 188 g/mol. The Kier molecular flexibility index (Phi) is 1.02. The summed E-state index contributed by atoms with van der Waals surface area (Å²) in [7, 11) is 0. The van der Waals surface area contributed by atoms with Crippen LogP contribution < -0.4 is 9.79 Å². The van der Waals surface area contributed by atoms with Gasteiger partial charge in [0.15, 0.2) is 12.5 Å². The van der Waals surface area contributed by atoms with Crippen molar-refractivity contribution in [3.05, 3.63) is 5.69 Å². The lowest BCUT2D eigenvalue weighted by Gasteiger charge is -1.99. The second kappa shape index (κ2) is 1.83. The summed E-state index contributed by atoms with van der Waals surface area (Å²) in [5.41, 5.74) is 0.276. The van der Waals surface area contributed by atoms with E-state index in [1.807, 2.05) is 0 Å². The number of hydrogen-bond donors (Lipinski definition) is 0. The molecule has 1 saturated carbocycles. The van der Waals surface area contributed by atoms with Crippen LogP contribution in [0.1, 0.15) is 5.69 Å². The van der Waals surface area contributed by atoms with Crippen LogP contribution in [0, 0.1) is 11.8 Å². The van der Waals surface area contributed by atoms with Gasteiger partial charge in [0.05, 0.1) is 11.2 Å². The van der Waals surface area contributed by atoms with E-state index in [4.69, 9.17) is 0 Å². The van der Waals surface area contributed by atoms with Crippen molar-refractivity contribution in [1.82, 2.24) is 5.27 Å². The maximum absolute atomic E-state index is 12.9. The molecule has 4 nitrogen and oxygen atoms in total. The zero-order chi connectivity index (χ0) is 9.22. The zero-order valence-corrected chi connectivity index (χ0v) is 6.54. The molecule has 1 aliphatic carbocycles. The van der Waals surface area contributed by atoms with Gasteiger partial charge in [-0.2, -0.15) is 0 Å². The third-order valence-electron chi connectivity index (χ3n) is 2.92. The Morgan fingerprint density at radius 3 is 3.08 bits per heavy atom. The summed E-state index contributed by atoms with van der Waals surface area (Å²) < 4.78 is 31.4. The van der Waals surface area contributed by atoms with Crippen molar-refractivity contribution in [3.8, 4) is 5.95 Å². The number of rotatable bonds is 0. The molecule has 70 valence electrons. The SMILES string of the molecule is [O-]c1on[n+]2c1CC1C(C2)C1(F)F. The van der Waals surface area contributed by atoms with Crippen LogP contribution in [0.4, 0.5) is 8.78 Å². The third kappa shape index (κ3) is 0.732. The summed E-state index contributed by atoms with van der Waals surface area (Å²) in [5.74, 6) is -4.50. The third-order valence-corrected chi connectivity index (χ3v) is 2.92. The van der Waals surface area contributed by atoms with E-state index in [0.717, 1.165) is 0 Å². The van der Waals surface area contributed by atoms with Crippen molar-refractivity contribution in [1.29, 1.82) is 0 Å². The molecular formula is C7H6F2N2O2. The lowest BCUT2D eigenvalue weighted by atomic mass is 10.1. The highest BCUT2D eigenvalue weighted by atomic mass is 19.3. The van der Waals surface area contributed by atoms with E-state index in [-0.39, 0.29) is 18.7 Å². The minimum absolute atomic E-state index is 0.0972. The average Bonchev–Trinajstić information content (AvgIpc) is 2.46. The molecule has 13 heavy (non-hydrogen) atoms. The molecule has 2 unspecified atom stereocenters. The summed E-state index contributed by atoms with van der Waals surface area (Å²) in [6.07, 6.45) is 0.0972. The molecule has 0 N–H and O–H groups in total. The number of halogens is 2. The van der Waals surface area contributed by atoms with Crippen LogP contribution in [0.25, 0.3) is 0 Å². The number of alkyl halides is 2. The van der Waals surface area contributed by atoms with E-state index in [1.54, 1.807) is 0 Å². The molecule has 2 aliphatic rings. The van der Waals surface area contributed by atoms with E-state index >= 15 is 0 Å². The van der Waals surface area contributed by atoms with Gasteiger partial charge in [0.2, 0.25) is 5.69 Å². The van der Waals surface area contributed by atoms with Gasteiger partial charge < -0.3 is 9.63 Å². The van der Waals surface area contributed by atoms with Crippen molar-refractivity contribution in [2.24, 2.45) is 11.8 Å². The second-order valence-electron chi connectivity index (χ2n) is 3.58. The Morgan fingerprint density at radius 1 is 1.54 bits per heavy atom. The summed E-state index contributed by atoms with van der Waals surface area (Å²) in [5, 5.41) is 14.3. The zero-order valence-electron chi connectivity index (χ0n) is 6.54. The summed E-state index contributed by atoms with van der Waals surface area (Å²) in [6, 6.07) is 0. The van der Waals surface area contributed by atoms with Crippen LogP contribution in [-0.4, -0.2) is 11.2 Å². The Bertz CT molecular complexity index is 377. The molecule has 0 bridgehead atoms. The van der Waals surface area contributed by atoms with Crippen LogP contribution >= 0.6 is 0 Å². The van der Waals surface area contributed by atoms with Gasteiger partial charge in [-0.25, -0.2) is 8.78 Å². The number of nitrogens with zero attached hydrogens (tertiary/aromatic N) is 2. The molecule has 2 heterocycles. The molecule has 0 spiro atoms. The van der Waals surface area contributed by atoms with Gasteiger partial charge in [0.1, 0.15) is 0 Å². The van der Waals surface area contributed by atoms with Crippen molar-refractivity contribution in [3.63, 3.8) is 0 Å². The maximum atomic E-state index is 12.9. The molecule has 0 aromatic carbocycles. The minimum atomic E-state index is -2.60. The van der Waals surface area contributed by atoms with Gasteiger partial charge in [-0.15, -0.1) is 0 Å². The first-order valence-electron chi connectivity index (χ1n) is 4.04. The standard InChI is InChI=1S/C7H6F2N2O2/c8-7(9)3-1-5-6(12)13-10-11(5)2-4(3)7/h3-4H,1-2H2. The molecule has 1 aromatic rings. The van der Waals surface area contributed by atoms with Crippen molar-refractivity contribution in [2.45, 2.75) is 18.9 Å². The molecule has 1 aromatic heterocycles. The van der Waals surface area contributed by atoms with Gasteiger partial charge >= 0.3 is 0 Å². The van der Waals surface area contributed by atoms with Crippen LogP contribution in [0.2, 0.25) is 0 Å². The van der Waals surface area contributed by atoms with E-state index < -0.39 is 23.7 Å². The molecule has 3 rings (SSSR count). The molecule has 0 amide bonds. The predicted octanol–water partition coefficient (Wildman–Crippen LogP) is -0.527. The van der Waals surface area contributed by atoms with Gasteiger partial charge in [-0.3, -0.25) is 0 Å². The fourth-order valence-electron chi connectivity index (χ4n) is 2.01. The normalized spacial score (nSPS) is 33.7. The van der Waals surface area contributed by atoms with Crippen molar-refractivity contribution < 1.29 is 23.1 Å². The molecule has 0 saturated heterocycles. The Labute approximate surface area is 71.7 Å². The lowest BCUT2D eigenvalue weighted by Crippen LogP contribution is -2.43. The fourth-order valence-corrected chi connectivity index (χ4v) is 2.01. The van der Waals surface area contributed by atoms with E-state index in [0.29, 0.717) is 0 Å². The smallest absolute Gasteiger partial charge is 0.261 e. The van der Waals surface area contributed by atoms with Gasteiger partial charge in [-0.05, 0) is 0 Å². The van der Waals surface area contributed by atoms with Crippen molar-refractivity contribution in [2.75, 3.05) is 0 Å². The highest BCUT2D eigenvalue weighted by Gasteiger charge is 2.72. The van der Waals surface area contributed by atoms with Crippen molar-refractivity contribution >= 4 is 0 Å². The summed E-state index contributed by atoms with van der Waals surface area (Å²) in [6.45, 7) is 0.110. The van der Waals surface area contributed by atoms with Crippen LogP contribution in [0.15, 0.2) is 4.52 Å². The Balaban J connectivity index is 2.00. The van der Waals surface area contributed by atoms with Gasteiger partial charge in [0.25, 0.3) is 5.92 Å². The number of hydrogen-bond acceptors (Lipinski definition) is 3. The summed E-state index contributed by atoms with van der Waals surface area (Å²) >= 11 is 0. The quantitative estimate of drug-likeness (QED) is 0.514. The van der Waals surface area contributed by atoms with Crippen LogP contribution in [0.3, 0.4) is 0 Å². The van der Waals surface area contributed by atoms with Gasteiger partial charge in [-0.1, -0.05) is 4.68 Å².